The molecule has 1 fully saturated rings. The summed E-state index contributed by atoms with van der Waals surface area (Å²) in [6.45, 7) is 2.57. The first-order chi connectivity index (χ1) is 9.04. The molecule has 0 aromatic carbocycles. The minimum absolute atomic E-state index is 0.00213. The van der Waals surface area contributed by atoms with Gasteiger partial charge >= 0.3 is 5.97 Å². The molecule has 1 amide bonds. The third-order valence-corrected chi connectivity index (χ3v) is 3.74. The molecule has 1 aromatic heterocycles. The number of carbonyl (C=O) groups is 2. The Hall–Kier alpha value is -1.82. The Morgan fingerprint density at radius 2 is 2.21 bits per heavy atom. The number of amides is 1. The normalized spacial score (nSPS) is 22.7. The number of hydrogen-bond acceptors (Lipinski definition) is 3. The molecule has 2 N–H and O–H groups in total. The molecule has 1 saturated heterocycles. The van der Waals surface area contributed by atoms with Crippen molar-refractivity contribution in [2.45, 2.75) is 25.9 Å². The number of aromatic carboxylic acids is 1. The molecule has 104 valence electrons. The second-order valence-corrected chi connectivity index (χ2v) is 4.93. The van der Waals surface area contributed by atoms with Crippen molar-refractivity contribution >= 4 is 11.9 Å². The second kappa shape index (κ2) is 5.44. The lowest BCUT2D eigenvalue weighted by molar-refractivity contribution is -0.133. The quantitative estimate of drug-likeness (QED) is 0.827. The predicted octanol–water partition coefficient (Wildman–Crippen LogP) is 0.416. The predicted molar refractivity (Wildman–Crippen MR) is 67.8 cm³/mol. The van der Waals surface area contributed by atoms with Crippen LogP contribution in [0.5, 0.6) is 0 Å². The molecular weight excluding hydrogens is 248 g/mol. The Morgan fingerprint density at radius 3 is 2.84 bits per heavy atom. The molecule has 0 aliphatic carbocycles. The van der Waals surface area contributed by atoms with Crippen molar-refractivity contribution in [3.8, 4) is 0 Å². The van der Waals surface area contributed by atoms with Crippen LogP contribution in [0.15, 0.2) is 18.3 Å². The topological polar surface area (TPSA) is 82.8 Å². The van der Waals surface area contributed by atoms with Gasteiger partial charge in [-0.1, -0.05) is 6.92 Å². The van der Waals surface area contributed by atoms with Crippen LogP contribution in [0.25, 0.3) is 0 Å². The summed E-state index contributed by atoms with van der Waals surface area (Å²) in [6.07, 6.45) is 2.45. The Kier molecular flexibility index (Phi) is 3.90. The van der Waals surface area contributed by atoms with Gasteiger partial charge in [0.25, 0.3) is 0 Å². The molecule has 0 spiro atoms. The number of carboxylic acids is 1. The number of carbonyl (C=O) groups excluding carboxylic acids is 1. The number of aliphatic hydroxyl groups is 1. The van der Waals surface area contributed by atoms with Gasteiger partial charge in [0.1, 0.15) is 12.2 Å². The molecule has 2 rings (SSSR count). The number of likely N-dealkylation sites (tertiary alicyclic amines) is 1. The second-order valence-electron chi connectivity index (χ2n) is 4.93. The number of carboxylic acid groups (broad SMARTS) is 1. The fraction of sp³-hybridized carbons (Fsp3) is 0.538. The number of nitrogens with zero attached hydrogens (tertiary/aromatic N) is 2. The van der Waals surface area contributed by atoms with Crippen molar-refractivity contribution in [1.29, 1.82) is 0 Å². The smallest absolute Gasteiger partial charge is 0.352 e. The van der Waals surface area contributed by atoms with Gasteiger partial charge < -0.3 is 19.7 Å². The molecule has 1 aromatic rings. The Balaban J connectivity index is 2.09. The van der Waals surface area contributed by atoms with Crippen LogP contribution in [0, 0.1) is 5.92 Å². The summed E-state index contributed by atoms with van der Waals surface area (Å²) < 4.78 is 1.42. The highest BCUT2D eigenvalue weighted by Gasteiger charge is 2.33. The number of aliphatic hydroxyl groups excluding tert-OH is 1. The van der Waals surface area contributed by atoms with Gasteiger partial charge in [-0.05, 0) is 24.5 Å². The van der Waals surface area contributed by atoms with Gasteiger partial charge in [0.05, 0.1) is 12.6 Å². The zero-order chi connectivity index (χ0) is 14.0. The maximum atomic E-state index is 12.2. The average molecular weight is 266 g/mol. The summed E-state index contributed by atoms with van der Waals surface area (Å²) in [7, 11) is 0. The summed E-state index contributed by atoms with van der Waals surface area (Å²) in [5, 5.41) is 18.3. The lowest BCUT2D eigenvalue weighted by Gasteiger charge is -2.25. The maximum Gasteiger partial charge on any atom is 0.352 e. The van der Waals surface area contributed by atoms with E-state index in [4.69, 9.17) is 5.11 Å². The maximum absolute atomic E-state index is 12.2. The third kappa shape index (κ3) is 2.63. The first kappa shape index (κ1) is 13.6. The molecule has 0 bridgehead atoms. The Bertz CT molecular complexity index is 483. The van der Waals surface area contributed by atoms with Gasteiger partial charge in [0, 0.05) is 12.7 Å². The number of hydrogen-bond donors (Lipinski definition) is 2. The van der Waals surface area contributed by atoms with E-state index in [1.807, 2.05) is 6.92 Å². The van der Waals surface area contributed by atoms with Gasteiger partial charge in [-0.2, -0.15) is 0 Å². The SMILES string of the molecule is CC1CCN(C(=O)Cn2cccc2C(=O)O)C1CO. The molecule has 2 unspecified atom stereocenters. The van der Waals surface area contributed by atoms with Gasteiger partial charge in [-0.25, -0.2) is 4.79 Å². The molecule has 19 heavy (non-hydrogen) atoms. The zero-order valence-corrected chi connectivity index (χ0v) is 10.8. The number of aromatic nitrogens is 1. The van der Waals surface area contributed by atoms with Gasteiger partial charge in [0.2, 0.25) is 5.91 Å². The summed E-state index contributed by atoms with van der Waals surface area (Å²) in [6, 6.07) is 2.91. The van der Waals surface area contributed by atoms with E-state index in [-0.39, 0.29) is 36.7 Å². The highest BCUT2D eigenvalue weighted by molar-refractivity contribution is 5.87. The van der Waals surface area contributed by atoms with Crippen molar-refractivity contribution in [2.24, 2.45) is 5.92 Å². The Morgan fingerprint density at radius 1 is 1.47 bits per heavy atom. The van der Waals surface area contributed by atoms with Gasteiger partial charge in [0.15, 0.2) is 0 Å². The van der Waals surface area contributed by atoms with Gasteiger partial charge in [-0.3, -0.25) is 4.79 Å². The van der Waals surface area contributed by atoms with Crippen LogP contribution < -0.4 is 0 Å². The fourth-order valence-corrected chi connectivity index (χ4v) is 2.58. The monoisotopic (exact) mass is 266 g/mol. The summed E-state index contributed by atoms with van der Waals surface area (Å²) in [4.78, 5) is 24.8. The largest absolute Gasteiger partial charge is 0.477 e. The van der Waals surface area contributed by atoms with Crippen LogP contribution >= 0.6 is 0 Å². The molecule has 6 nitrogen and oxygen atoms in total. The highest BCUT2D eigenvalue weighted by Crippen LogP contribution is 2.23. The van der Waals surface area contributed by atoms with Crippen LogP contribution in [-0.4, -0.2) is 50.8 Å². The van der Waals surface area contributed by atoms with Gasteiger partial charge in [-0.15, -0.1) is 0 Å². The van der Waals surface area contributed by atoms with E-state index in [2.05, 4.69) is 0 Å². The minimum atomic E-state index is -1.05. The van der Waals surface area contributed by atoms with E-state index >= 15 is 0 Å². The zero-order valence-electron chi connectivity index (χ0n) is 10.8. The molecule has 1 aliphatic rings. The van der Waals surface area contributed by atoms with Crippen molar-refractivity contribution in [1.82, 2.24) is 9.47 Å². The van der Waals surface area contributed by atoms with Crippen molar-refractivity contribution in [3.63, 3.8) is 0 Å². The van der Waals surface area contributed by atoms with E-state index in [0.29, 0.717) is 6.54 Å². The lowest BCUT2D eigenvalue weighted by atomic mass is 10.0. The van der Waals surface area contributed by atoms with Crippen LogP contribution in [-0.2, 0) is 11.3 Å². The molecule has 0 saturated carbocycles. The number of rotatable bonds is 4. The summed E-state index contributed by atoms with van der Waals surface area (Å²) in [5.41, 5.74) is 0.0983. The summed E-state index contributed by atoms with van der Waals surface area (Å²) in [5.74, 6) is -0.925. The van der Waals surface area contributed by atoms with E-state index in [9.17, 15) is 14.7 Å². The molecule has 1 aliphatic heterocycles. The van der Waals surface area contributed by atoms with Crippen LogP contribution in [0.1, 0.15) is 23.8 Å². The van der Waals surface area contributed by atoms with Crippen molar-refractivity contribution in [3.05, 3.63) is 24.0 Å². The molecule has 0 radical (unpaired) electrons. The van der Waals surface area contributed by atoms with Crippen molar-refractivity contribution in [2.75, 3.05) is 13.2 Å². The molecule has 2 heterocycles. The minimum Gasteiger partial charge on any atom is -0.477 e. The standard InChI is InChI=1S/C13H18N2O4/c1-9-4-6-15(11(9)8-16)12(17)7-14-5-2-3-10(14)13(18)19/h2-3,5,9,11,16H,4,6-8H2,1H3,(H,18,19). The van der Waals surface area contributed by atoms with Crippen molar-refractivity contribution < 1.29 is 19.8 Å². The molecule has 2 atom stereocenters. The highest BCUT2D eigenvalue weighted by atomic mass is 16.4. The summed E-state index contributed by atoms with van der Waals surface area (Å²) >= 11 is 0. The third-order valence-electron chi connectivity index (χ3n) is 3.74. The van der Waals surface area contributed by atoms with Crippen LogP contribution in [0.4, 0.5) is 0 Å². The van der Waals surface area contributed by atoms with Crippen LogP contribution in [0.3, 0.4) is 0 Å². The van der Waals surface area contributed by atoms with E-state index in [0.717, 1.165) is 6.42 Å². The van der Waals surface area contributed by atoms with Crippen LogP contribution in [0.2, 0.25) is 0 Å². The fourth-order valence-electron chi connectivity index (χ4n) is 2.58. The van der Waals surface area contributed by atoms with E-state index in [1.54, 1.807) is 17.2 Å². The van der Waals surface area contributed by atoms with E-state index < -0.39 is 5.97 Å². The first-order valence-corrected chi connectivity index (χ1v) is 6.33. The lowest BCUT2D eigenvalue weighted by Crippen LogP contribution is -2.41. The Labute approximate surface area is 111 Å². The average Bonchev–Trinajstić information content (AvgIpc) is 2.95. The molecular formula is C13H18N2O4. The molecule has 6 heteroatoms. The van der Waals surface area contributed by atoms with E-state index in [1.165, 1.54) is 10.6 Å². The first-order valence-electron chi connectivity index (χ1n) is 6.33.